The smallest absolute Gasteiger partial charge is 0.127 e. The first-order chi connectivity index (χ1) is 18.5. The number of benzene rings is 4. The van der Waals surface area contributed by atoms with Crippen LogP contribution in [-0.4, -0.2) is 46.2 Å². The van der Waals surface area contributed by atoms with Crippen LogP contribution < -0.4 is 0 Å². The van der Waals surface area contributed by atoms with Gasteiger partial charge in [0.15, 0.2) is 0 Å². The third kappa shape index (κ3) is 5.62. The highest BCUT2D eigenvalue weighted by molar-refractivity contribution is 5.72. The second-order valence-corrected chi connectivity index (χ2v) is 10.6. The van der Waals surface area contributed by atoms with Gasteiger partial charge in [0.2, 0.25) is 0 Å². The Hall–Kier alpha value is -3.60. The summed E-state index contributed by atoms with van der Waals surface area (Å²) in [5.74, 6) is 0.739. The Balaban J connectivity index is 1.33. The molecule has 0 amide bonds. The van der Waals surface area contributed by atoms with E-state index in [4.69, 9.17) is 0 Å². The van der Waals surface area contributed by atoms with Crippen LogP contribution in [-0.2, 0) is 13.1 Å². The summed E-state index contributed by atoms with van der Waals surface area (Å²) in [7, 11) is 4.36. The first-order valence-electron chi connectivity index (χ1n) is 13.7. The lowest BCUT2D eigenvalue weighted by atomic mass is 9.87. The number of hydrogen-bond donors (Lipinski definition) is 2. The molecule has 1 fully saturated rings. The highest BCUT2D eigenvalue weighted by Crippen LogP contribution is 2.36. The molecule has 4 aromatic rings. The summed E-state index contributed by atoms with van der Waals surface area (Å²) in [5, 5.41) is 22.3. The monoisotopic (exact) mass is 506 g/mol. The van der Waals surface area contributed by atoms with E-state index in [2.05, 4.69) is 23.9 Å². The standard InChI is InChI=1S/C34H38N2O2/c1-35(23-27-17-11-19-29(33(27)37)25-13-5-3-6-14-25)31-21-9-10-22-32(31)36(2)24-28-18-12-20-30(34(28)38)26-15-7-4-8-16-26/h3-8,11-20,31-32,37-38H,9-10,21-24H2,1-2H3. The molecule has 0 bridgehead atoms. The van der Waals surface area contributed by atoms with Crippen molar-refractivity contribution in [1.82, 2.24) is 9.80 Å². The molecule has 2 N–H and O–H groups in total. The lowest BCUT2D eigenvalue weighted by Gasteiger charge is -2.43. The van der Waals surface area contributed by atoms with Crippen molar-refractivity contribution < 1.29 is 10.2 Å². The van der Waals surface area contributed by atoms with Crippen molar-refractivity contribution in [2.24, 2.45) is 0 Å². The van der Waals surface area contributed by atoms with Gasteiger partial charge < -0.3 is 10.2 Å². The van der Waals surface area contributed by atoms with Crippen LogP contribution in [0.4, 0.5) is 0 Å². The molecule has 0 heterocycles. The van der Waals surface area contributed by atoms with Gasteiger partial charge in [-0.15, -0.1) is 0 Å². The third-order valence-electron chi connectivity index (χ3n) is 8.07. The Morgan fingerprint density at radius 1 is 0.553 bits per heavy atom. The Bertz CT molecular complexity index is 1230. The van der Waals surface area contributed by atoms with E-state index in [-0.39, 0.29) is 0 Å². The molecule has 5 rings (SSSR count). The fourth-order valence-corrected chi connectivity index (χ4v) is 6.03. The number of phenolic OH excluding ortho intramolecular Hbond substituents is 2. The molecule has 4 heteroatoms. The molecular weight excluding hydrogens is 468 g/mol. The van der Waals surface area contributed by atoms with Crippen molar-refractivity contribution in [2.45, 2.75) is 50.9 Å². The predicted molar refractivity (Wildman–Crippen MR) is 156 cm³/mol. The Morgan fingerprint density at radius 2 is 0.947 bits per heavy atom. The summed E-state index contributed by atoms with van der Waals surface area (Å²) in [6.45, 7) is 1.38. The van der Waals surface area contributed by atoms with E-state index < -0.39 is 0 Å². The predicted octanol–water partition coefficient (Wildman–Crippen LogP) is 7.31. The van der Waals surface area contributed by atoms with E-state index in [1.54, 1.807) is 0 Å². The molecular formula is C34H38N2O2. The molecule has 2 unspecified atom stereocenters. The van der Waals surface area contributed by atoms with Crippen LogP contribution in [0.15, 0.2) is 97.1 Å². The number of nitrogens with zero attached hydrogens (tertiary/aromatic N) is 2. The van der Waals surface area contributed by atoms with Gasteiger partial charge in [-0.25, -0.2) is 0 Å². The molecule has 1 saturated carbocycles. The zero-order valence-electron chi connectivity index (χ0n) is 22.4. The molecule has 196 valence electrons. The molecule has 1 aliphatic rings. The molecule has 4 aromatic carbocycles. The van der Waals surface area contributed by atoms with E-state index in [0.29, 0.717) is 36.7 Å². The minimum atomic E-state index is 0.369. The number of aromatic hydroxyl groups is 2. The van der Waals surface area contributed by atoms with Crippen LogP contribution in [0.2, 0.25) is 0 Å². The second kappa shape index (κ2) is 11.8. The van der Waals surface area contributed by atoms with Gasteiger partial charge in [0.1, 0.15) is 11.5 Å². The van der Waals surface area contributed by atoms with Crippen LogP contribution in [0.25, 0.3) is 22.3 Å². The van der Waals surface area contributed by atoms with Gasteiger partial charge in [-0.3, -0.25) is 9.80 Å². The summed E-state index contributed by atoms with van der Waals surface area (Å²) in [6, 6.07) is 33.0. The van der Waals surface area contributed by atoms with Gasteiger partial charge in [0.05, 0.1) is 0 Å². The molecule has 1 aliphatic carbocycles. The highest BCUT2D eigenvalue weighted by Gasteiger charge is 2.32. The van der Waals surface area contributed by atoms with Crippen molar-refractivity contribution in [3.8, 4) is 33.8 Å². The van der Waals surface area contributed by atoms with Crippen LogP contribution in [0.5, 0.6) is 11.5 Å². The van der Waals surface area contributed by atoms with Crippen molar-refractivity contribution >= 4 is 0 Å². The van der Waals surface area contributed by atoms with Crippen molar-refractivity contribution in [3.63, 3.8) is 0 Å². The van der Waals surface area contributed by atoms with Crippen LogP contribution >= 0.6 is 0 Å². The number of likely N-dealkylation sites (N-methyl/N-ethyl adjacent to an activating group) is 2. The van der Waals surface area contributed by atoms with E-state index in [9.17, 15) is 10.2 Å². The zero-order chi connectivity index (χ0) is 26.5. The maximum atomic E-state index is 11.1. The van der Waals surface area contributed by atoms with Gasteiger partial charge in [-0.1, -0.05) is 110 Å². The molecule has 0 saturated heterocycles. The van der Waals surface area contributed by atoms with Crippen LogP contribution in [0.3, 0.4) is 0 Å². The fourth-order valence-electron chi connectivity index (χ4n) is 6.03. The molecule has 0 radical (unpaired) electrons. The quantitative estimate of drug-likeness (QED) is 0.263. The van der Waals surface area contributed by atoms with Crippen LogP contribution in [0, 0.1) is 0 Å². The molecule has 0 spiro atoms. The summed E-state index contributed by atoms with van der Waals surface area (Å²) in [6.07, 6.45) is 4.68. The maximum absolute atomic E-state index is 11.1. The average Bonchev–Trinajstić information content (AvgIpc) is 2.96. The minimum Gasteiger partial charge on any atom is -0.507 e. The summed E-state index contributed by atoms with van der Waals surface area (Å²) in [5.41, 5.74) is 5.72. The SMILES string of the molecule is CN(Cc1cccc(-c2ccccc2)c1O)C1CCCCC1N(C)Cc1cccc(-c2ccccc2)c1O. The zero-order valence-corrected chi connectivity index (χ0v) is 22.4. The lowest BCUT2D eigenvalue weighted by Crippen LogP contribution is -2.50. The first-order valence-corrected chi connectivity index (χ1v) is 13.7. The van der Waals surface area contributed by atoms with Gasteiger partial charge >= 0.3 is 0 Å². The molecule has 0 aromatic heterocycles. The highest BCUT2D eigenvalue weighted by atomic mass is 16.3. The van der Waals surface area contributed by atoms with E-state index in [0.717, 1.165) is 46.2 Å². The van der Waals surface area contributed by atoms with Crippen molar-refractivity contribution in [3.05, 3.63) is 108 Å². The Kier molecular flexibility index (Phi) is 8.11. The number of rotatable bonds is 8. The van der Waals surface area contributed by atoms with E-state index in [1.165, 1.54) is 12.8 Å². The van der Waals surface area contributed by atoms with E-state index in [1.807, 2.05) is 97.1 Å². The largest absolute Gasteiger partial charge is 0.507 e. The van der Waals surface area contributed by atoms with E-state index >= 15 is 0 Å². The van der Waals surface area contributed by atoms with Gasteiger partial charge in [0.25, 0.3) is 0 Å². The fraction of sp³-hybridized carbons (Fsp3) is 0.294. The van der Waals surface area contributed by atoms with Crippen LogP contribution in [0.1, 0.15) is 36.8 Å². The minimum absolute atomic E-state index is 0.369. The normalized spacial score (nSPS) is 17.7. The first kappa shape index (κ1) is 26.0. The van der Waals surface area contributed by atoms with Crippen molar-refractivity contribution in [1.29, 1.82) is 0 Å². The molecule has 2 atom stereocenters. The Morgan fingerprint density at radius 3 is 1.34 bits per heavy atom. The number of phenols is 2. The third-order valence-corrected chi connectivity index (χ3v) is 8.07. The number of para-hydroxylation sites is 2. The Labute approximate surface area is 226 Å². The lowest BCUT2D eigenvalue weighted by molar-refractivity contribution is 0.0685. The molecule has 38 heavy (non-hydrogen) atoms. The topological polar surface area (TPSA) is 46.9 Å². The number of hydrogen-bond acceptors (Lipinski definition) is 4. The summed E-state index contributed by atoms with van der Waals surface area (Å²) in [4.78, 5) is 4.81. The molecule has 0 aliphatic heterocycles. The van der Waals surface area contributed by atoms with Gasteiger partial charge in [-0.05, 0) is 38.1 Å². The van der Waals surface area contributed by atoms with Gasteiger partial charge in [-0.2, -0.15) is 0 Å². The maximum Gasteiger partial charge on any atom is 0.127 e. The average molecular weight is 507 g/mol. The molecule has 4 nitrogen and oxygen atoms in total. The van der Waals surface area contributed by atoms with Crippen molar-refractivity contribution in [2.75, 3.05) is 14.1 Å². The summed E-state index contributed by atoms with van der Waals surface area (Å²) >= 11 is 0. The van der Waals surface area contributed by atoms with Gasteiger partial charge in [0, 0.05) is 47.4 Å². The summed E-state index contributed by atoms with van der Waals surface area (Å²) < 4.78 is 0. The second-order valence-electron chi connectivity index (χ2n) is 10.6.